The lowest BCUT2D eigenvalue weighted by molar-refractivity contribution is -0.144. The molecule has 4 fully saturated rings. The summed E-state index contributed by atoms with van der Waals surface area (Å²) in [5.74, 6) is -3.02. The number of nitrogens with zero attached hydrogens (tertiary/aromatic N) is 2. The molecule has 3 aliphatic carbocycles. The molecule has 2 aromatic rings. The number of carbonyl (C=O) groups excluding carboxylic acids is 4. The van der Waals surface area contributed by atoms with Gasteiger partial charge < -0.3 is 29.7 Å². The zero-order valence-electron chi connectivity index (χ0n) is 33.3. The van der Waals surface area contributed by atoms with Crippen LogP contribution in [0.1, 0.15) is 109 Å². The Hall–Kier alpha value is -4.61. The maximum atomic E-state index is 14.8. The summed E-state index contributed by atoms with van der Waals surface area (Å²) >= 11 is 0. The number of alkyl halides is 3. The van der Waals surface area contributed by atoms with Crippen molar-refractivity contribution in [2.24, 2.45) is 5.92 Å². The second-order valence-electron chi connectivity index (χ2n) is 17.7. The van der Waals surface area contributed by atoms with Crippen molar-refractivity contribution in [1.29, 1.82) is 0 Å². The molecule has 1 saturated heterocycles. The molecule has 18 heteroatoms. The number of sulfonamides is 1. The van der Waals surface area contributed by atoms with Crippen LogP contribution in [0.15, 0.2) is 30.4 Å². The average molecular weight is 846 g/mol. The Morgan fingerprint density at radius 1 is 1.03 bits per heavy atom. The summed E-state index contributed by atoms with van der Waals surface area (Å²) in [5.41, 5.74) is -4.76. The zero-order valence-corrected chi connectivity index (χ0v) is 34.2. The van der Waals surface area contributed by atoms with Gasteiger partial charge in [-0.15, -0.1) is 0 Å². The Kier molecular flexibility index (Phi) is 10.1. The minimum absolute atomic E-state index is 0.0728. The number of allylic oxidation sites excluding steroid dienone is 1. The van der Waals surface area contributed by atoms with Crippen LogP contribution in [0, 0.1) is 5.92 Å². The van der Waals surface area contributed by atoms with E-state index in [2.05, 4.69) is 20.3 Å². The summed E-state index contributed by atoms with van der Waals surface area (Å²) in [5, 5.41) is 5.94. The van der Waals surface area contributed by atoms with Gasteiger partial charge in [0, 0.05) is 23.3 Å². The zero-order chi connectivity index (χ0) is 42.2. The van der Waals surface area contributed by atoms with Gasteiger partial charge in [-0.3, -0.25) is 19.1 Å². The van der Waals surface area contributed by atoms with E-state index in [1.807, 2.05) is 6.08 Å². The highest BCUT2D eigenvalue weighted by Crippen LogP contribution is 2.51. The first kappa shape index (κ1) is 41.1. The van der Waals surface area contributed by atoms with Crippen LogP contribution in [0.4, 0.5) is 18.0 Å². The summed E-state index contributed by atoms with van der Waals surface area (Å²) in [6, 6.07) is 2.00. The number of carbonyl (C=O) groups is 4. The van der Waals surface area contributed by atoms with Crippen LogP contribution in [0.25, 0.3) is 10.9 Å². The molecule has 5 atom stereocenters. The molecule has 1 aromatic carbocycles. The van der Waals surface area contributed by atoms with Crippen molar-refractivity contribution in [3.05, 3.63) is 41.6 Å². The summed E-state index contributed by atoms with van der Waals surface area (Å²) in [6.07, 6.45) is 3.64. The summed E-state index contributed by atoms with van der Waals surface area (Å²) in [6.45, 7) is 3.02. The third kappa shape index (κ3) is 7.69. The second kappa shape index (κ2) is 14.5. The Bertz CT molecular complexity index is 2230. The summed E-state index contributed by atoms with van der Waals surface area (Å²) < 4.78 is 89.3. The molecule has 8 rings (SSSR count). The number of hydrogen-bond acceptors (Lipinski definition) is 10. The van der Waals surface area contributed by atoms with E-state index in [4.69, 9.17) is 14.2 Å². The van der Waals surface area contributed by atoms with Gasteiger partial charge in [0.2, 0.25) is 21.8 Å². The molecule has 4 heterocycles. The highest BCUT2D eigenvalue weighted by Gasteiger charge is 2.64. The highest BCUT2D eigenvalue weighted by molar-refractivity contribution is 7.91. The van der Waals surface area contributed by atoms with Gasteiger partial charge in [0.05, 0.1) is 23.9 Å². The van der Waals surface area contributed by atoms with Crippen molar-refractivity contribution in [3.63, 3.8) is 0 Å². The Morgan fingerprint density at radius 3 is 2.47 bits per heavy atom. The van der Waals surface area contributed by atoms with Gasteiger partial charge in [-0.25, -0.2) is 18.2 Å². The van der Waals surface area contributed by atoms with Gasteiger partial charge in [0.15, 0.2) is 11.4 Å². The largest absolute Gasteiger partial charge is 0.497 e. The van der Waals surface area contributed by atoms with Crippen LogP contribution in [-0.2, 0) is 41.7 Å². The molecule has 3 aliphatic heterocycles. The lowest BCUT2D eigenvalue weighted by Gasteiger charge is -2.38. The van der Waals surface area contributed by atoms with Gasteiger partial charge in [0.25, 0.3) is 5.91 Å². The monoisotopic (exact) mass is 845 g/mol. The van der Waals surface area contributed by atoms with Crippen molar-refractivity contribution in [2.45, 2.75) is 143 Å². The topological polar surface area (TPSA) is 182 Å². The number of aryl methyl sites for hydroxylation is 1. The predicted molar refractivity (Wildman–Crippen MR) is 207 cm³/mol. The molecule has 0 bridgehead atoms. The number of amides is 4. The maximum absolute atomic E-state index is 14.8. The SMILES string of the molecule is COc1ccc2nc(C(F)(F)F)c3c(c2c1)CCC1(CC2C(=O)NC4(C(=O)NS(=O)(=O)C5(C)CC5)CC4C=CCCCCCC(NC(=O)OC4(C)CCC4)C(=O)N2C1)O3. The number of alkyl carbamates (subject to hydrolysis) is 1. The van der Waals surface area contributed by atoms with E-state index in [0.717, 1.165) is 6.42 Å². The third-order valence-corrected chi connectivity index (χ3v) is 15.5. The number of nitrogens with one attached hydrogen (secondary N) is 3. The number of ether oxygens (including phenoxy) is 3. The van der Waals surface area contributed by atoms with E-state index in [0.29, 0.717) is 62.5 Å². The number of benzene rings is 1. The first-order valence-electron chi connectivity index (χ1n) is 20.4. The van der Waals surface area contributed by atoms with E-state index in [1.54, 1.807) is 19.1 Å². The maximum Gasteiger partial charge on any atom is 0.437 e. The molecular weight excluding hydrogens is 796 g/mol. The van der Waals surface area contributed by atoms with E-state index >= 15 is 0 Å². The minimum Gasteiger partial charge on any atom is -0.497 e. The molecule has 4 amide bonds. The lowest BCUT2D eigenvalue weighted by Crippen LogP contribution is -2.59. The average Bonchev–Trinajstić information content (AvgIpc) is 4.06. The smallest absolute Gasteiger partial charge is 0.437 e. The van der Waals surface area contributed by atoms with Crippen LogP contribution < -0.4 is 24.8 Å². The van der Waals surface area contributed by atoms with Crippen molar-refractivity contribution in [1.82, 2.24) is 25.2 Å². The fourth-order valence-corrected chi connectivity index (χ4v) is 10.3. The van der Waals surface area contributed by atoms with Crippen LogP contribution in [-0.4, -0.2) is 89.3 Å². The number of methoxy groups -OCH3 is 1. The lowest BCUT2D eigenvalue weighted by atomic mass is 9.82. The van der Waals surface area contributed by atoms with Gasteiger partial charge in [-0.05, 0) is 103 Å². The Balaban J connectivity index is 1.16. The van der Waals surface area contributed by atoms with E-state index in [1.165, 1.54) is 31.1 Å². The van der Waals surface area contributed by atoms with Crippen molar-refractivity contribution >= 4 is 44.7 Å². The molecule has 3 saturated carbocycles. The number of hydrogen-bond donors (Lipinski definition) is 3. The number of pyridine rings is 1. The van der Waals surface area contributed by atoms with Crippen molar-refractivity contribution in [2.75, 3.05) is 13.7 Å². The standard InChI is InChI=1S/C41H50F3N5O9S/c1-37(15-9-16-37)58-36(53)46-29-11-8-6-4-5-7-10-24-21-40(24,35(52)48-59(54,55)38(2)18-19-38)47-33(50)30-22-39(23-49(30)34(29)51)17-14-26-27-20-25(56-3)12-13-28(27)45-32(31(26)57-39)41(42,43)44/h7,10,12-13,20,24,29-30H,4-6,8-9,11,14-19,21-23H2,1-3H3,(H,46,53)(H,47,50)(H,48,52). The Labute approximate surface area is 340 Å². The van der Waals surface area contributed by atoms with Crippen LogP contribution in [0.2, 0.25) is 0 Å². The quantitative estimate of drug-likeness (QED) is 0.321. The molecular formula is C41H50F3N5O9S. The van der Waals surface area contributed by atoms with Gasteiger partial charge >= 0.3 is 12.3 Å². The molecule has 14 nitrogen and oxygen atoms in total. The molecule has 3 N–H and O–H groups in total. The van der Waals surface area contributed by atoms with Crippen LogP contribution in [0.5, 0.6) is 11.5 Å². The van der Waals surface area contributed by atoms with Crippen LogP contribution in [0.3, 0.4) is 0 Å². The molecule has 1 spiro atoms. The number of halogens is 3. The van der Waals surface area contributed by atoms with Crippen molar-refractivity contribution < 1.29 is 55.0 Å². The van der Waals surface area contributed by atoms with E-state index < -0.39 is 90.9 Å². The summed E-state index contributed by atoms with van der Waals surface area (Å²) in [4.78, 5) is 61.9. The molecule has 320 valence electrons. The first-order valence-corrected chi connectivity index (χ1v) is 21.9. The number of aromatic nitrogens is 1. The first-order chi connectivity index (χ1) is 27.8. The fraction of sp³-hybridized carbons (Fsp3) is 0.634. The number of rotatable bonds is 6. The van der Waals surface area contributed by atoms with Crippen molar-refractivity contribution in [3.8, 4) is 11.5 Å². The predicted octanol–water partition coefficient (Wildman–Crippen LogP) is 5.36. The van der Waals surface area contributed by atoms with Crippen LogP contribution >= 0.6 is 0 Å². The second-order valence-corrected chi connectivity index (χ2v) is 19.9. The molecule has 6 aliphatic rings. The minimum atomic E-state index is -4.93. The highest BCUT2D eigenvalue weighted by atomic mass is 32.2. The van der Waals surface area contributed by atoms with E-state index in [9.17, 15) is 40.8 Å². The van der Waals surface area contributed by atoms with E-state index in [-0.39, 0.29) is 49.7 Å². The molecule has 0 radical (unpaired) electrons. The molecule has 5 unspecified atom stereocenters. The Morgan fingerprint density at radius 2 is 1.80 bits per heavy atom. The van der Waals surface area contributed by atoms with Gasteiger partial charge in [-0.2, -0.15) is 13.2 Å². The third-order valence-electron chi connectivity index (χ3n) is 13.3. The number of fused-ring (bicyclic) bond motifs is 5. The summed E-state index contributed by atoms with van der Waals surface area (Å²) in [7, 11) is -2.65. The fourth-order valence-electron chi connectivity index (χ4n) is 9.00. The van der Waals surface area contributed by atoms with Gasteiger partial charge in [-0.1, -0.05) is 25.0 Å². The molecule has 59 heavy (non-hydrogen) atoms. The molecule has 1 aromatic heterocycles. The van der Waals surface area contributed by atoms with Gasteiger partial charge in [0.1, 0.15) is 34.6 Å². The normalized spacial score (nSPS) is 29.9.